The number of hydrogen-bond donors (Lipinski definition) is 3. The third kappa shape index (κ3) is 2.91. The summed E-state index contributed by atoms with van der Waals surface area (Å²) in [5, 5.41) is 17.3. The van der Waals surface area contributed by atoms with E-state index in [1.807, 2.05) is 19.9 Å². The van der Waals surface area contributed by atoms with Crippen molar-refractivity contribution < 1.29 is 9.90 Å². The molecule has 2 aromatic heterocycles. The molecule has 0 aliphatic carbocycles. The first-order valence-corrected chi connectivity index (χ1v) is 8.43. The van der Waals surface area contributed by atoms with Crippen molar-refractivity contribution in [2.24, 2.45) is 5.41 Å². The summed E-state index contributed by atoms with van der Waals surface area (Å²) in [6, 6.07) is 7.11. The Morgan fingerprint density at radius 2 is 2.04 bits per heavy atom. The van der Waals surface area contributed by atoms with Crippen LogP contribution in [0.2, 0.25) is 0 Å². The average Bonchev–Trinajstić information content (AvgIpc) is 3.07. The minimum Gasteiger partial charge on any atom is -0.396 e. The van der Waals surface area contributed by atoms with Crippen molar-refractivity contribution in [2.45, 2.75) is 26.7 Å². The maximum Gasteiger partial charge on any atom is 0.259 e. The fraction of sp³-hybridized carbons (Fsp3) is 0.389. The molecule has 132 valence electrons. The Balaban J connectivity index is 1.97. The van der Waals surface area contributed by atoms with Crippen molar-refractivity contribution in [1.29, 1.82) is 0 Å². The first-order valence-electron chi connectivity index (χ1n) is 8.43. The molecule has 0 bridgehead atoms. The number of carbonyl (C=O) groups excluding carboxylic acids is 1. The molecule has 0 unspecified atom stereocenters. The molecule has 0 saturated heterocycles. The van der Waals surface area contributed by atoms with Crippen LogP contribution in [-0.4, -0.2) is 38.8 Å². The molecule has 2 heterocycles. The maximum absolute atomic E-state index is 12.6. The van der Waals surface area contributed by atoms with Gasteiger partial charge in [0.25, 0.3) is 11.5 Å². The lowest BCUT2D eigenvalue weighted by atomic mass is 9.83. The van der Waals surface area contributed by atoms with Crippen molar-refractivity contribution in [3.05, 3.63) is 46.4 Å². The van der Waals surface area contributed by atoms with Gasteiger partial charge in [0, 0.05) is 12.0 Å². The van der Waals surface area contributed by atoms with Gasteiger partial charge in [0.05, 0.1) is 23.7 Å². The first-order chi connectivity index (χ1) is 12.0. The van der Waals surface area contributed by atoms with Gasteiger partial charge >= 0.3 is 0 Å². The van der Waals surface area contributed by atoms with Gasteiger partial charge in [-0.3, -0.25) is 9.59 Å². The maximum atomic E-state index is 12.6. The van der Waals surface area contributed by atoms with E-state index in [4.69, 9.17) is 0 Å². The van der Waals surface area contributed by atoms with Gasteiger partial charge < -0.3 is 15.4 Å². The molecule has 7 heteroatoms. The summed E-state index contributed by atoms with van der Waals surface area (Å²) in [4.78, 5) is 27.6. The molecular weight excluding hydrogens is 320 g/mol. The molecule has 7 nitrogen and oxygen atoms in total. The molecule has 25 heavy (non-hydrogen) atoms. The van der Waals surface area contributed by atoms with Gasteiger partial charge in [0.1, 0.15) is 11.2 Å². The highest BCUT2D eigenvalue weighted by Crippen LogP contribution is 2.24. The third-order valence-corrected chi connectivity index (χ3v) is 5.08. The Labute approximate surface area is 144 Å². The second kappa shape index (κ2) is 6.68. The Kier molecular flexibility index (Phi) is 4.59. The molecule has 0 atom stereocenters. The highest BCUT2D eigenvalue weighted by molar-refractivity contribution is 6.00. The van der Waals surface area contributed by atoms with Crippen LogP contribution in [0.25, 0.3) is 16.6 Å². The number of aliphatic hydroxyl groups is 1. The number of hydrogen-bond acceptors (Lipinski definition) is 4. The largest absolute Gasteiger partial charge is 0.396 e. The smallest absolute Gasteiger partial charge is 0.259 e. The number of H-pyrrole nitrogens is 1. The standard InChI is InChI=1S/C18H22N4O3/c1-3-18(4-2,11-23)10-19-16(24)13-9-20-22-14-8-6-5-7-12(14)17(25)21-15(13)22/h5-9,23H,3-4,10-11H2,1-2H3,(H,19,24)(H,21,25). The lowest BCUT2D eigenvalue weighted by molar-refractivity contribution is 0.0852. The number of aromatic nitrogens is 3. The first kappa shape index (κ1) is 17.2. The normalized spacial score (nSPS) is 12.0. The molecule has 3 N–H and O–H groups in total. The molecule has 0 radical (unpaired) electrons. The number of para-hydroxylation sites is 1. The number of aromatic amines is 1. The van der Waals surface area contributed by atoms with Crippen molar-refractivity contribution in [2.75, 3.05) is 13.2 Å². The van der Waals surface area contributed by atoms with Crippen LogP contribution in [0, 0.1) is 5.41 Å². The summed E-state index contributed by atoms with van der Waals surface area (Å²) in [6.07, 6.45) is 2.97. The van der Waals surface area contributed by atoms with Crippen LogP contribution < -0.4 is 10.9 Å². The number of aliphatic hydroxyl groups excluding tert-OH is 1. The number of amides is 1. The number of nitrogens with one attached hydrogen (secondary N) is 2. The van der Waals surface area contributed by atoms with Crippen molar-refractivity contribution in [3.63, 3.8) is 0 Å². The molecule has 0 aliphatic rings. The third-order valence-electron chi connectivity index (χ3n) is 5.08. The van der Waals surface area contributed by atoms with Crippen LogP contribution in [-0.2, 0) is 0 Å². The van der Waals surface area contributed by atoms with Gasteiger partial charge in [-0.25, -0.2) is 4.52 Å². The lowest BCUT2D eigenvalue weighted by Crippen LogP contribution is -2.39. The second-order valence-corrected chi connectivity index (χ2v) is 6.34. The van der Waals surface area contributed by atoms with Gasteiger partial charge in [-0.1, -0.05) is 26.0 Å². The second-order valence-electron chi connectivity index (χ2n) is 6.34. The number of rotatable bonds is 6. The number of fused-ring (bicyclic) bond motifs is 3. The topological polar surface area (TPSA) is 99.5 Å². The van der Waals surface area contributed by atoms with E-state index in [2.05, 4.69) is 15.4 Å². The Morgan fingerprint density at radius 1 is 1.32 bits per heavy atom. The van der Waals surface area contributed by atoms with Gasteiger partial charge in [-0.2, -0.15) is 5.10 Å². The van der Waals surface area contributed by atoms with Gasteiger partial charge in [0.2, 0.25) is 0 Å². The van der Waals surface area contributed by atoms with Crippen LogP contribution in [0.15, 0.2) is 35.3 Å². The van der Waals surface area contributed by atoms with E-state index in [0.29, 0.717) is 28.7 Å². The number of carbonyl (C=O) groups is 1. The quantitative estimate of drug-likeness (QED) is 0.635. The summed E-state index contributed by atoms with van der Waals surface area (Å²) in [5.74, 6) is -0.319. The van der Waals surface area contributed by atoms with Gasteiger partial charge in [-0.15, -0.1) is 0 Å². The van der Waals surface area contributed by atoms with Crippen LogP contribution in [0.4, 0.5) is 0 Å². The SMILES string of the molecule is CCC(CC)(CO)CNC(=O)c1cnn2c1[nH]c(=O)c1ccccc12. The summed E-state index contributed by atoms with van der Waals surface area (Å²) in [6.45, 7) is 4.36. The zero-order valence-electron chi connectivity index (χ0n) is 14.4. The number of nitrogens with zero attached hydrogens (tertiary/aromatic N) is 2. The van der Waals surface area contributed by atoms with Gasteiger partial charge in [-0.05, 0) is 25.0 Å². The van der Waals surface area contributed by atoms with E-state index < -0.39 is 0 Å². The Hall–Kier alpha value is -2.67. The zero-order chi connectivity index (χ0) is 18.0. The average molecular weight is 342 g/mol. The zero-order valence-corrected chi connectivity index (χ0v) is 14.4. The predicted molar refractivity (Wildman–Crippen MR) is 95.8 cm³/mol. The molecule has 0 aliphatic heterocycles. The molecule has 0 spiro atoms. The molecule has 3 aromatic rings. The van der Waals surface area contributed by atoms with E-state index in [9.17, 15) is 14.7 Å². The van der Waals surface area contributed by atoms with Crippen molar-refractivity contribution in [3.8, 4) is 0 Å². The molecule has 1 amide bonds. The van der Waals surface area contributed by atoms with Crippen molar-refractivity contribution >= 4 is 22.5 Å². The highest BCUT2D eigenvalue weighted by Gasteiger charge is 2.26. The van der Waals surface area contributed by atoms with Crippen LogP contribution >= 0.6 is 0 Å². The van der Waals surface area contributed by atoms with Crippen LogP contribution in [0.5, 0.6) is 0 Å². The minimum atomic E-state index is -0.335. The fourth-order valence-corrected chi connectivity index (χ4v) is 2.99. The van der Waals surface area contributed by atoms with Gasteiger partial charge in [0.15, 0.2) is 0 Å². The van der Waals surface area contributed by atoms with Crippen LogP contribution in [0.3, 0.4) is 0 Å². The Morgan fingerprint density at radius 3 is 2.72 bits per heavy atom. The summed E-state index contributed by atoms with van der Waals surface area (Å²) < 4.78 is 1.56. The summed E-state index contributed by atoms with van der Waals surface area (Å²) >= 11 is 0. The van der Waals surface area contributed by atoms with E-state index in [1.54, 1.807) is 22.7 Å². The fourth-order valence-electron chi connectivity index (χ4n) is 2.99. The number of benzene rings is 1. The molecule has 1 aromatic carbocycles. The predicted octanol–water partition coefficient (Wildman–Crippen LogP) is 1.70. The molecule has 0 fully saturated rings. The van der Waals surface area contributed by atoms with E-state index in [1.165, 1.54) is 6.20 Å². The Bertz CT molecular complexity index is 961. The van der Waals surface area contributed by atoms with E-state index in [-0.39, 0.29) is 23.5 Å². The van der Waals surface area contributed by atoms with Crippen LogP contribution in [0.1, 0.15) is 37.0 Å². The monoisotopic (exact) mass is 342 g/mol. The van der Waals surface area contributed by atoms with E-state index in [0.717, 1.165) is 12.8 Å². The lowest BCUT2D eigenvalue weighted by Gasteiger charge is -2.29. The molecule has 3 rings (SSSR count). The minimum absolute atomic E-state index is 0.0104. The highest BCUT2D eigenvalue weighted by atomic mass is 16.3. The summed E-state index contributed by atoms with van der Waals surface area (Å²) in [5.41, 5.74) is 0.723. The summed E-state index contributed by atoms with van der Waals surface area (Å²) in [7, 11) is 0. The molecule has 0 saturated carbocycles. The van der Waals surface area contributed by atoms with E-state index >= 15 is 0 Å². The van der Waals surface area contributed by atoms with Crippen molar-refractivity contribution in [1.82, 2.24) is 19.9 Å². The molecular formula is C18H22N4O3.